The number of rotatable bonds is 7. The Hall–Kier alpha value is -2.95. The fourth-order valence-electron chi connectivity index (χ4n) is 2.72. The van der Waals surface area contributed by atoms with Crippen molar-refractivity contribution in [1.29, 1.82) is 0 Å². The molecule has 0 aliphatic heterocycles. The van der Waals surface area contributed by atoms with Crippen LogP contribution in [0.2, 0.25) is 0 Å². The summed E-state index contributed by atoms with van der Waals surface area (Å²) >= 11 is 0. The topological polar surface area (TPSA) is 87.6 Å². The number of ether oxygens (including phenoxy) is 2. The number of hydrogen-bond acceptors (Lipinski definition) is 4. The van der Waals surface area contributed by atoms with Crippen LogP contribution >= 0.6 is 0 Å². The average Bonchev–Trinajstić information content (AvgIpc) is 2.55. The Balaban J connectivity index is 2.11. The first-order chi connectivity index (χ1) is 13.3. The monoisotopic (exact) mass is 422 g/mol. The van der Waals surface area contributed by atoms with E-state index in [0.29, 0.717) is 5.56 Å². The van der Waals surface area contributed by atoms with Gasteiger partial charge in [-0.15, -0.1) is 26.3 Å². The summed E-state index contributed by atoms with van der Waals surface area (Å²) in [6.07, 6.45) is -9.61. The SMILES string of the molecule is NC(=O)C(c1ccc(OC(F)(F)F)cc1)C(N)Cc1ccc(OC(F)(F)F)cc1. The summed E-state index contributed by atoms with van der Waals surface area (Å²) < 4.78 is 80.8. The highest BCUT2D eigenvalue weighted by atomic mass is 19.4. The summed E-state index contributed by atoms with van der Waals surface area (Å²) in [5.41, 5.74) is 12.2. The molecule has 2 rings (SSSR count). The van der Waals surface area contributed by atoms with Crippen LogP contribution in [0.15, 0.2) is 48.5 Å². The Labute approximate surface area is 161 Å². The van der Waals surface area contributed by atoms with Crippen LogP contribution in [0.4, 0.5) is 26.3 Å². The molecule has 0 bridgehead atoms. The van der Waals surface area contributed by atoms with Crippen molar-refractivity contribution in [3.8, 4) is 11.5 Å². The summed E-state index contributed by atoms with van der Waals surface area (Å²) in [6.45, 7) is 0. The molecule has 0 aliphatic rings. The van der Waals surface area contributed by atoms with E-state index in [-0.39, 0.29) is 12.0 Å². The van der Waals surface area contributed by atoms with Crippen molar-refractivity contribution in [2.75, 3.05) is 0 Å². The largest absolute Gasteiger partial charge is 0.573 e. The number of primary amides is 1. The Morgan fingerprint density at radius 2 is 1.24 bits per heavy atom. The molecule has 2 aromatic carbocycles. The zero-order valence-corrected chi connectivity index (χ0v) is 14.6. The van der Waals surface area contributed by atoms with Crippen molar-refractivity contribution < 1.29 is 40.6 Å². The van der Waals surface area contributed by atoms with E-state index in [2.05, 4.69) is 9.47 Å². The molecule has 11 heteroatoms. The predicted octanol–water partition coefficient (Wildman–Crippen LogP) is 3.62. The fourth-order valence-corrected chi connectivity index (χ4v) is 2.72. The van der Waals surface area contributed by atoms with E-state index in [1.165, 1.54) is 24.3 Å². The molecule has 0 heterocycles. The molecule has 5 nitrogen and oxygen atoms in total. The van der Waals surface area contributed by atoms with E-state index >= 15 is 0 Å². The second kappa shape index (κ2) is 8.60. The van der Waals surface area contributed by atoms with Gasteiger partial charge in [0.05, 0.1) is 5.92 Å². The van der Waals surface area contributed by atoms with Crippen molar-refractivity contribution in [1.82, 2.24) is 0 Å². The van der Waals surface area contributed by atoms with Gasteiger partial charge < -0.3 is 20.9 Å². The quantitative estimate of drug-likeness (QED) is 0.668. The summed E-state index contributed by atoms with van der Waals surface area (Å²) in [6, 6.07) is 8.52. The van der Waals surface area contributed by atoms with Gasteiger partial charge in [0.1, 0.15) is 11.5 Å². The first kappa shape index (κ1) is 22.3. The molecule has 2 atom stereocenters. The van der Waals surface area contributed by atoms with Crippen LogP contribution in [0.3, 0.4) is 0 Å². The van der Waals surface area contributed by atoms with Crippen molar-refractivity contribution >= 4 is 5.91 Å². The fraction of sp³-hybridized carbons (Fsp3) is 0.278. The number of alkyl halides is 6. The number of nitrogens with two attached hydrogens (primary N) is 2. The third-order valence-electron chi connectivity index (χ3n) is 3.84. The van der Waals surface area contributed by atoms with E-state index in [0.717, 1.165) is 24.3 Å². The smallest absolute Gasteiger partial charge is 0.406 e. The van der Waals surface area contributed by atoms with Crippen LogP contribution in [-0.2, 0) is 11.2 Å². The molecule has 0 aromatic heterocycles. The molecule has 158 valence electrons. The summed E-state index contributed by atoms with van der Waals surface area (Å²) in [7, 11) is 0. The maximum atomic E-state index is 12.2. The van der Waals surface area contributed by atoms with Gasteiger partial charge in [0, 0.05) is 6.04 Å². The van der Waals surface area contributed by atoms with Gasteiger partial charge in [0.15, 0.2) is 0 Å². The van der Waals surface area contributed by atoms with E-state index < -0.39 is 42.1 Å². The average molecular weight is 422 g/mol. The van der Waals surface area contributed by atoms with E-state index in [1.807, 2.05) is 0 Å². The second-order valence-electron chi connectivity index (χ2n) is 6.06. The number of amides is 1. The summed E-state index contributed by atoms with van der Waals surface area (Å²) in [5, 5.41) is 0. The predicted molar refractivity (Wildman–Crippen MR) is 89.9 cm³/mol. The van der Waals surface area contributed by atoms with Crippen LogP contribution in [0.5, 0.6) is 11.5 Å². The Morgan fingerprint density at radius 1 is 0.828 bits per heavy atom. The minimum atomic E-state index is -4.86. The Kier molecular flexibility index (Phi) is 6.62. The Morgan fingerprint density at radius 3 is 1.62 bits per heavy atom. The van der Waals surface area contributed by atoms with Crippen LogP contribution in [-0.4, -0.2) is 24.7 Å². The lowest BCUT2D eigenvalue weighted by Gasteiger charge is -2.22. The molecular weight excluding hydrogens is 406 g/mol. The lowest BCUT2D eigenvalue weighted by Crippen LogP contribution is -2.38. The third-order valence-corrected chi connectivity index (χ3v) is 3.84. The first-order valence-corrected chi connectivity index (χ1v) is 8.09. The highest BCUT2D eigenvalue weighted by molar-refractivity contribution is 5.83. The van der Waals surface area contributed by atoms with Crippen molar-refractivity contribution in [3.63, 3.8) is 0 Å². The third kappa shape index (κ3) is 7.18. The van der Waals surface area contributed by atoms with Gasteiger partial charge in [-0.25, -0.2) is 0 Å². The van der Waals surface area contributed by atoms with Gasteiger partial charge in [-0.3, -0.25) is 4.79 Å². The van der Waals surface area contributed by atoms with E-state index in [4.69, 9.17) is 11.5 Å². The van der Waals surface area contributed by atoms with E-state index in [1.54, 1.807) is 0 Å². The molecule has 0 spiro atoms. The molecule has 2 aromatic rings. The second-order valence-corrected chi connectivity index (χ2v) is 6.06. The number of halogens is 6. The Bertz CT molecular complexity index is 819. The molecule has 4 N–H and O–H groups in total. The number of carbonyl (C=O) groups excluding carboxylic acids is 1. The first-order valence-electron chi connectivity index (χ1n) is 8.09. The van der Waals surface area contributed by atoms with Crippen molar-refractivity contribution in [3.05, 3.63) is 59.7 Å². The molecular formula is C18H16F6N2O3. The number of hydrogen-bond donors (Lipinski definition) is 2. The van der Waals surface area contributed by atoms with Gasteiger partial charge in [-0.05, 0) is 41.8 Å². The highest BCUT2D eigenvalue weighted by Gasteiger charge is 2.32. The van der Waals surface area contributed by atoms with Crippen LogP contribution in [0, 0.1) is 0 Å². The molecule has 0 aliphatic carbocycles. The van der Waals surface area contributed by atoms with Gasteiger partial charge in [-0.2, -0.15) is 0 Å². The van der Waals surface area contributed by atoms with Crippen molar-refractivity contribution in [2.24, 2.45) is 11.5 Å². The van der Waals surface area contributed by atoms with Gasteiger partial charge in [0.2, 0.25) is 5.91 Å². The molecule has 0 fully saturated rings. The standard InChI is InChI=1S/C18H16F6N2O3/c19-17(20,21)28-12-5-1-10(2-6-12)9-14(25)15(16(26)27)11-3-7-13(8-4-11)29-18(22,23)24/h1-8,14-15H,9,25H2,(H2,26,27). The maximum absolute atomic E-state index is 12.2. The zero-order chi connectivity index (χ0) is 21.8. The van der Waals surface area contributed by atoms with Crippen LogP contribution in [0.1, 0.15) is 17.0 Å². The number of benzene rings is 2. The van der Waals surface area contributed by atoms with E-state index in [9.17, 15) is 31.1 Å². The maximum Gasteiger partial charge on any atom is 0.573 e. The zero-order valence-electron chi connectivity index (χ0n) is 14.6. The van der Waals surface area contributed by atoms with Crippen LogP contribution < -0.4 is 20.9 Å². The lowest BCUT2D eigenvalue weighted by atomic mass is 9.87. The highest BCUT2D eigenvalue weighted by Crippen LogP contribution is 2.28. The van der Waals surface area contributed by atoms with Gasteiger partial charge in [0.25, 0.3) is 0 Å². The van der Waals surface area contributed by atoms with Crippen LogP contribution in [0.25, 0.3) is 0 Å². The molecule has 29 heavy (non-hydrogen) atoms. The molecule has 0 saturated heterocycles. The normalized spacial score (nSPS) is 14.2. The molecule has 2 unspecified atom stereocenters. The minimum absolute atomic E-state index is 0.0701. The molecule has 1 amide bonds. The minimum Gasteiger partial charge on any atom is -0.406 e. The molecule has 0 radical (unpaired) electrons. The summed E-state index contributed by atoms with van der Waals surface area (Å²) in [4.78, 5) is 11.8. The van der Waals surface area contributed by atoms with Gasteiger partial charge >= 0.3 is 12.7 Å². The van der Waals surface area contributed by atoms with Crippen molar-refractivity contribution in [2.45, 2.75) is 31.1 Å². The number of carbonyl (C=O) groups is 1. The lowest BCUT2D eigenvalue weighted by molar-refractivity contribution is -0.275. The molecule has 0 saturated carbocycles. The van der Waals surface area contributed by atoms with Gasteiger partial charge in [-0.1, -0.05) is 24.3 Å². The summed E-state index contributed by atoms with van der Waals surface area (Å²) in [5.74, 6) is -2.74.